The predicted octanol–water partition coefficient (Wildman–Crippen LogP) is 4.54. The molecule has 0 saturated heterocycles. The van der Waals surface area contributed by atoms with Gasteiger partial charge in [0.25, 0.3) is 5.56 Å². The first-order chi connectivity index (χ1) is 12.8. The van der Waals surface area contributed by atoms with Gasteiger partial charge in [-0.1, -0.05) is 48.5 Å². The van der Waals surface area contributed by atoms with Crippen molar-refractivity contribution in [2.24, 2.45) is 0 Å². The fraction of sp³-hybridized carbons (Fsp3) is 0.0476. The average Bonchev–Trinajstić information content (AvgIpc) is 3.05. The number of nitrogens with zero attached hydrogens (tertiary/aromatic N) is 2. The molecule has 5 heteroatoms. The Bertz CT molecular complexity index is 1160. The molecule has 0 fully saturated rings. The third-order valence-electron chi connectivity index (χ3n) is 4.17. The van der Waals surface area contributed by atoms with Gasteiger partial charge in [0.2, 0.25) is 0 Å². The molecule has 126 valence electrons. The normalized spacial score (nSPS) is 10.6. The molecule has 2 heterocycles. The highest BCUT2D eigenvalue weighted by molar-refractivity contribution is 7.20. The molecule has 0 amide bonds. The topological polar surface area (TPSA) is 57.8 Å². The minimum atomic E-state index is -0.107. The number of para-hydroxylation sites is 1. The maximum Gasteiger partial charge on any atom is 0.256 e. The van der Waals surface area contributed by atoms with Gasteiger partial charge in [-0.3, -0.25) is 9.36 Å². The van der Waals surface area contributed by atoms with Crippen LogP contribution in [0.2, 0.25) is 0 Å². The third kappa shape index (κ3) is 2.87. The van der Waals surface area contributed by atoms with Crippen molar-refractivity contribution in [3.05, 3.63) is 93.6 Å². The van der Waals surface area contributed by atoms with Crippen molar-refractivity contribution in [3.8, 4) is 11.8 Å². The SMILES string of the molecule is N#Cc1sc2c(ccc(=O)n2-c2ccccc2)c1NCc1ccccc1. The summed E-state index contributed by atoms with van der Waals surface area (Å²) in [7, 11) is 0. The van der Waals surface area contributed by atoms with Crippen molar-refractivity contribution in [1.82, 2.24) is 4.57 Å². The molecule has 2 aromatic heterocycles. The molecule has 1 N–H and O–H groups in total. The molecule has 0 spiro atoms. The first kappa shape index (κ1) is 16.1. The van der Waals surface area contributed by atoms with E-state index in [0.29, 0.717) is 11.4 Å². The van der Waals surface area contributed by atoms with Crippen LogP contribution in [0.3, 0.4) is 0 Å². The monoisotopic (exact) mass is 357 g/mol. The number of nitrogens with one attached hydrogen (secondary N) is 1. The number of hydrogen-bond donors (Lipinski definition) is 1. The lowest BCUT2D eigenvalue weighted by molar-refractivity contribution is 1.05. The highest BCUT2D eigenvalue weighted by Gasteiger charge is 2.16. The van der Waals surface area contributed by atoms with E-state index in [-0.39, 0.29) is 5.56 Å². The number of pyridine rings is 1. The molecule has 0 bridgehead atoms. The molecule has 26 heavy (non-hydrogen) atoms. The Morgan fingerprint density at radius 1 is 0.962 bits per heavy atom. The molecule has 0 saturated carbocycles. The lowest BCUT2D eigenvalue weighted by atomic mass is 10.2. The standard InChI is InChI=1S/C21H15N3OS/c22-13-18-20(23-14-15-7-3-1-4-8-15)17-11-12-19(25)24(21(17)26-18)16-9-5-2-6-10-16/h1-12,23H,14H2. The zero-order valence-electron chi connectivity index (χ0n) is 13.8. The van der Waals surface area contributed by atoms with Gasteiger partial charge < -0.3 is 5.32 Å². The Balaban J connectivity index is 1.84. The van der Waals surface area contributed by atoms with Gasteiger partial charge in [-0.05, 0) is 23.8 Å². The van der Waals surface area contributed by atoms with Gasteiger partial charge >= 0.3 is 0 Å². The van der Waals surface area contributed by atoms with Gasteiger partial charge in [0, 0.05) is 18.0 Å². The zero-order valence-corrected chi connectivity index (χ0v) is 14.7. The van der Waals surface area contributed by atoms with Crippen LogP contribution in [0.25, 0.3) is 15.9 Å². The molecule has 0 aliphatic carbocycles. The third-order valence-corrected chi connectivity index (χ3v) is 5.27. The fourth-order valence-electron chi connectivity index (χ4n) is 2.94. The van der Waals surface area contributed by atoms with Crippen LogP contribution < -0.4 is 10.9 Å². The van der Waals surface area contributed by atoms with Crippen LogP contribution in [0.15, 0.2) is 77.6 Å². The molecule has 0 aliphatic heterocycles. The van der Waals surface area contributed by atoms with Gasteiger partial charge in [-0.15, -0.1) is 11.3 Å². The number of benzene rings is 2. The Labute approximate surface area is 154 Å². The van der Waals surface area contributed by atoms with E-state index in [1.54, 1.807) is 16.7 Å². The van der Waals surface area contributed by atoms with Gasteiger partial charge in [0.1, 0.15) is 15.8 Å². The lowest BCUT2D eigenvalue weighted by Gasteiger charge is -2.08. The molecule has 2 aromatic carbocycles. The van der Waals surface area contributed by atoms with Crippen molar-refractivity contribution in [3.63, 3.8) is 0 Å². The van der Waals surface area contributed by atoms with E-state index >= 15 is 0 Å². The molecule has 4 nitrogen and oxygen atoms in total. The van der Waals surface area contributed by atoms with E-state index in [1.165, 1.54) is 11.3 Å². The summed E-state index contributed by atoms with van der Waals surface area (Å²) in [4.78, 5) is 13.8. The molecular formula is C21H15N3OS. The van der Waals surface area contributed by atoms with Crippen molar-refractivity contribution in [2.75, 3.05) is 5.32 Å². The highest BCUT2D eigenvalue weighted by atomic mass is 32.1. The number of anilines is 1. The summed E-state index contributed by atoms with van der Waals surface area (Å²) in [5.41, 5.74) is 2.60. The molecule has 0 unspecified atom stereocenters. The van der Waals surface area contributed by atoms with Crippen molar-refractivity contribution >= 4 is 27.2 Å². The first-order valence-corrected chi connectivity index (χ1v) is 9.01. The van der Waals surface area contributed by atoms with E-state index in [2.05, 4.69) is 11.4 Å². The molecular weight excluding hydrogens is 342 g/mol. The average molecular weight is 357 g/mol. The summed E-state index contributed by atoms with van der Waals surface area (Å²) < 4.78 is 1.66. The van der Waals surface area contributed by atoms with Crippen LogP contribution in [0, 0.1) is 11.3 Å². The van der Waals surface area contributed by atoms with Crippen molar-refractivity contribution in [2.45, 2.75) is 6.54 Å². The van der Waals surface area contributed by atoms with Crippen molar-refractivity contribution in [1.29, 1.82) is 5.26 Å². The maximum atomic E-state index is 12.5. The Kier molecular flexibility index (Phi) is 4.26. The van der Waals surface area contributed by atoms with E-state index < -0.39 is 0 Å². The van der Waals surface area contributed by atoms with Gasteiger partial charge in [-0.2, -0.15) is 5.26 Å². The summed E-state index contributed by atoms with van der Waals surface area (Å²) in [6.07, 6.45) is 0. The maximum absolute atomic E-state index is 12.5. The largest absolute Gasteiger partial charge is 0.379 e. The second kappa shape index (κ2) is 6.87. The predicted molar refractivity (Wildman–Crippen MR) is 106 cm³/mol. The minimum absolute atomic E-state index is 0.107. The van der Waals surface area contributed by atoms with Crippen LogP contribution in [0.4, 0.5) is 5.69 Å². The van der Waals surface area contributed by atoms with Crippen LogP contribution in [-0.4, -0.2) is 4.57 Å². The van der Waals surface area contributed by atoms with E-state index in [4.69, 9.17) is 0 Å². The molecule has 4 aromatic rings. The zero-order chi connectivity index (χ0) is 17.9. The first-order valence-electron chi connectivity index (χ1n) is 8.20. The summed E-state index contributed by atoms with van der Waals surface area (Å²) >= 11 is 1.33. The molecule has 0 aliphatic rings. The molecule has 0 atom stereocenters. The van der Waals surface area contributed by atoms with Crippen LogP contribution in [0.1, 0.15) is 10.4 Å². The Hall–Kier alpha value is -3.36. The number of fused-ring (bicyclic) bond motifs is 1. The van der Waals surface area contributed by atoms with Gasteiger partial charge in [0.05, 0.1) is 11.4 Å². The van der Waals surface area contributed by atoms with Crippen LogP contribution in [-0.2, 0) is 6.54 Å². The van der Waals surface area contributed by atoms with E-state index in [0.717, 1.165) is 27.2 Å². The Morgan fingerprint density at radius 2 is 1.65 bits per heavy atom. The number of hydrogen-bond acceptors (Lipinski definition) is 4. The molecule has 4 rings (SSSR count). The van der Waals surface area contributed by atoms with Gasteiger partial charge in [-0.25, -0.2) is 0 Å². The lowest BCUT2D eigenvalue weighted by Crippen LogP contribution is -2.16. The second-order valence-corrected chi connectivity index (χ2v) is 6.82. The van der Waals surface area contributed by atoms with Crippen LogP contribution >= 0.6 is 11.3 Å². The number of aromatic nitrogens is 1. The smallest absolute Gasteiger partial charge is 0.256 e. The van der Waals surface area contributed by atoms with Gasteiger partial charge in [0.15, 0.2) is 0 Å². The van der Waals surface area contributed by atoms with Crippen LogP contribution in [0.5, 0.6) is 0 Å². The van der Waals surface area contributed by atoms with E-state index in [1.807, 2.05) is 60.7 Å². The molecule has 0 radical (unpaired) electrons. The minimum Gasteiger partial charge on any atom is -0.379 e. The number of nitriles is 1. The quantitative estimate of drug-likeness (QED) is 0.583. The summed E-state index contributed by atoms with van der Waals surface area (Å²) in [5, 5.41) is 13.8. The summed E-state index contributed by atoms with van der Waals surface area (Å²) in [5.74, 6) is 0. The summed E-state index contributed by atoms with van der Waals surface area (Å²) in [6.45, 7) is 0.617. The number of thiophene rings is 1. The second-order valence-electron chi connectivity index (χ2n) is 5.82. The van der Waals surface area contributed by atoms with E-state index in [9.17, 15) is 10.1 Å². The Morgan fingerprint density at radius 3 is 2.35 bits per heavy atom. The highest BCUT2D eigenvalue weighted by Crippen LogP contribution is 2.35. The summed E-state index contributed by atoms with van der Waals surface area (Å²) in [6, 6.07) is 25.1. The van der Waals surface area contributed by atoms with Crippen molar-refractivity contribution < 1.29 is 0 Å². The fourth-order valence-corrected chi connectivity index (χ4v) is 4.03. The number of rotatable bonds is 4.